The zero-order valence-corrected chi connectivity index (χ0v) is 20.1. The Labute approximate surface area is 191 Å². The molecule has 0 aliphatic heterocycles. The molecular weight excluding hydrogens is 404 g/mol. The van der Waals surface area contributed by atoms with Crippen molar-refractivity contribution in [1.82, 2.24) is 10.6 Å². The van der Waals surface area contributed by atoms with Gasteiger partial charge in [-0.05, 0) is 86.7 Å². The van der Waals surface area contributed by atoms with Crippen LogP contribution in [0.15, 0.2) is 18.2 Å². The van der Waals surface area contributed by atoms with E-state index in [4.69, 9.17) is 9.47 Å². The average Bonchev–Trinajstić information content (AvgIpc) is 2.75. The van der Waals surface area contributed by atoms with Crippen LogP contribution in [-0.4, -0.2) is 38.1 Å². The molecule has 32 heavy (non-hydrogen) atoms. The Hall–Kier alpha value is -2.24. The number of carbonyl (C=O) groups is 2. The number of nitrogens with one attached hydrogen (secondary N) is 2. The Morgan fingerprint density at radius 1 is 0.875 bits per heavy atom. The lowest BCUT2D eigenvalue weighted by Crippen LogP contribution is -2.59. The minimum atomic E-state index is -0.601. The largest absolute Gasteiger partial charge is 0.497 e. The second kappa shape index (κ2) is 8.95. The minimum Gasteiger partial charge on any atom is -0.497 e. The number of hydrogen-bond acceptors (Lipinski definition) is 4. The minimum absolute atomic E-state index is 0.0324. The Morgan fingerprint density at radius 2 is 1.38 bits per heavy atom. The zero-order chi connectivity index (χ0) is 23.0. The summed E-state index contributed by atoms with van der Waals surface area (Å²) in [7, 11) is 3.10. The lowest BCUT2D eigenvalue weighted by Gasteiger charge is -2.59. The molecule has 0 heterocycles. The zero-order valence-electron chi connectivity index (χ0n) is 20.1. The molecule has 2 N–H and O–H groups in total. The fourth-order valence-corrected chi connectivity index (χ4v) is 6.86. The van der Waals surface area contributed by atoms with Crippen LogP contribution in [-0.2, 0) is 4.79 Å². The van der Waals surface area contributed by atoms with Gasteiger partial charge in [0.1, 0.15) is 17.5 Å². The van der Waals surface area contributed by atoms with Gasteiger partial charge >= 0.3 is 0 Å². The lowest BCUT2D eigenvalue weighted by molar-refractivity contribution is -0.128. The van der Waals surface area contributed by atoms with E-state index in [1.807, 2.05) is 13.8 Å². The molecule has 6 nitrogen and oxygen atoms in total. The molecule has 0 radical (unpaired) electrons. The monoisotopic (exact) mass is 442 g/mol. The maximum Gasteiger partial charge on any atom is 0.252 e. The van der Waals surface area contributed by atoms with Gasteiger partial charge in [0.15, 0.2) is 0 Å². The number of methoxy groups -OCH3 is 2. The first-order valence-electron chi connectivity index (χ1n) is 12.1. The van der Waals surface area contributed by atoms with Gasteiger partial charge in [0.25, 0.3) is 5.91 Å². The van der Waals surface area contributed by atoms with Crippen LogP contribution in [0.5, 0.6) is 11.5 Å². The first-order valence-corrected chi connectivity index (χ1v) is 12.1. The first-order chi connectivity index (χ1) is 15.2. The summed E-state index contributed by atoms with van der Waals surface area (Å²) in [6.07, 6.45) is 7.87. The highest BCUT2D eigenvalue weighted by molar-refractivity contribution is 5.98. The number of rotatable bonds is 8. The highest BCUT2D eigenvalue weighted by atomic mass is 16.5. The van der Waals surface area contributed by atoms with E-state index < -0.39 is 6.04 Å². The third-order valence-corrected chi connectivity index (χ3v) is 8.21. The van der Waals surface area contributed by atoms with Crippen LogP contribution in [0.2, 0.25) is 0 Å². The van der Waals surface area contributed by atoms with Crippen molar-refractivity contribution in [2.45, 2.75) is 71.4 Å². The van der Waals surface area contributed by atoms with Crippen molar-refractivity contribution in [3.05, 3.63) is 23.8 Å². The molecule has 1 aromatic rings. The van der Waals surface area contributed by atoms with E-state index in [2.05, 4.69) is 17.6 Å². The van der Waals surface area contributed by atoms with Crippen molar-refractivity contribution in [2.75, 3.05) is 14.2 Å². The van der Waals surface area contributed by atoms with Crippen LogP contribution in [0.3, 0.4) is 0 Å². The standard InChI is InChI=1S/C26H38N2O4/c1-15(2)23(28-24(29)20-9-21(31-4)11-22(10-20)32-5)25(30)27-16(3)26-12-17-6-18(13-26)8-19(7-17)14-26/h9-11,15-19,23H,6-8,12-14H2,1-5H3,(H,27,30)(H,28,29)/t16?,17?,18?,19?,23-,26?/m0/s1. The summed E-state index contributed by atoms with van der Waals surface area (Å²) in [4.78, 5) is 26.3. The van der Waals surface area contributed by atoms with Gasteiger partial charge in [-0.25, -0.2) is 0 Å². The molecule has 2 atom stereocenters. The van der Waals surface area contributed by atoms with Crippen molar-refractivity contribution >= 4 is 11.8 Å². The molecule has 0 saturated heterocycles. The molecule has 4 aliphatic carbocycles. The Balaban J connectivity index is 1.45. The van der Waals surface area contributed by atoms with Gasteiger partial charge in [-0.3, -0.25) is 9.59 Å². The molecule has 176 valence electrons. The van der Waals surface area contributed by atoms with Crippen molar-refractivity contribution < 1.29 is 19.1 Å². The smallest absolute Gasteiger partial charge is 0.252 e. The van der Waals surface area contributed by atoms with Crippen LogP contribution in [0.4, 0.5) is 0 Å². The molecule has 0 spiro atoms. The van der Waals surface area contributed by atoms with Crippen molar-refractivity contribution in [2.24, 2.45) is 29.1 Å². The number of ether oxygens (including phenoxy) is 2. The van der Waals surface area contributed by atoms with E-state index in [0.29, 0.717) is 17.1 Å². The summed E-state index contributed by atoms with van der Waals surface area (Å²) in [6, 6.07) is 4.56. The fraction of sp³-hybridized carbons (Fsp3) is 0.692. The molecule has 1 unspecified atom stereocenters. The van der Waals surface area contributed by atoms with Gasteiger partial charge in [-0.1, -0.05) is 13.8 Å². The predicted octanol–water partition coefficient (Wildman–Crippen LogP) is 4.18. The number of benzene rings is 1. The third kappa shape index (κ3) is 4.46. The molecule has 1 aromatic carbocycles. The molecule has 5 rings (SSSR count). The highest BCUT2D eigenvalue weighted by Crippen LogP contribution is 2.61. The van der Waals surface area contributed by atoms with E-state index in [1.165, 1.54) is 38.5 Å². The second-order valence-corrected chi connectivity index (χ2v) is 10.8. The average molecular weight is 443 g/mol. The lowest BCUT2D eigenvalue weighted by atomic mass is 9.48. The summed E-state index contributed by atoms with van der Waals surface area (Å²) < 4.78 is 10.6. The molecule has 4 fully saturated rings. The molecule has 2 amide bonds. The molecule has 4 aliphatic rings. The fourth-order valence-electron chi connectivity index (χ4n) is 6.86. The van der Waals surface area contributed by atoms with Gasteiger partial charge in [-0.15, -0.1) is 0 Å². The van der Waals surface area contributed by atoms with E-state index in [0.717, 1.165) is 17.8 Å². The van der Waals surface area contributed by atoms with Crippen molar-refractivity contribution in [3.63, 3.8) is 0 Å². The maximum atomic E-state index is 13.3. The summed E-state index contributed by atoms with van der Waals surface area (Å²) in [6.45, 7) is 6.11. The Morgan fingerprint density at radius 3 is 1.81 bits per heavy atom. The first kappa shape index (κ1) is 22.9. The van der Waals surface area contributed by atoms with Crippen LogP contribution in [0.1, 0.15) is 69.7 Å². The second-order valence-electron chi connectivity index (χ2n) is 10.8. The van der Waals surface area contributed by atoms with Gasteiger partial charge < -0.3 is 20.1 Å². The topological polar surface area (TPSA) is 76.7 Å². The number of hydrogen-bond donors (Lipinski definition) is 2. The van der Waals surface area contributed by atoms with Crippen LogP contribution >= 0.6 is 0 Å². The quantitative estimate of drug-likeness (QED) is 0.633. The summed E-state index contributed by atoms with van der Waals surface area (Å²) >= 11 is 0. The Bertz CT molecular complexity index is 808. The number of carbonyl (C=O) groups excluding carboxylic acids is 2. The van der Waals surface area contributed by atoms with Gasteiger partial charge in [-0.2, -0.15) is 0 Å². The number of amides is 2. The molecule has 6 heteroatoms. The van der Waals surface area contributed by atoms with E-state index in [1.54, 1.807) is 32.4 Å². The highest BCUT2D eigenvalue weighted by Gasteiger charge is 2.53. The molecule has 4 bridgehead atoms. The van der Waals surface area contributed by atoms with Crippen LogP contribution in [0.25, 0.3) is 0 Å². The van der Waals surface area contributed by atoms with E-state index in [9.17, 15) is 9.59 Å². The van der Waals surface area contributed by atoms with Gasteiger partial charge in [0, 0.05) is 17.7 Å². The van der Waals surface area contributed by atoms with Crippen molar-refractivity contribution in [1.29, 1.82) is 0 Å². The molecule has 0 aromatic heterocycles. The molecule has 4 saturated carbocycles. The maximum absolute atomic E-state index is 13.3. The van der Waals surface area contributed by atoms with E-state index in [-0.39, 0.29) is 29.2 Å². The third-order valence-electron chi connectivity index (χ3n) is 8.21. The van der Waals surface area contributed by atoms with Gasteiger partial charge in [0.2, 0.25) is 5.91 Å². The molecular formula is C26H38N2O4. The summed E-state index contributed by atoms with van der Waals surface area (Å²) in [5.41, 5.74) is 0.643. The summed E-state index contributed by atoms with van der Waals surface area (Å²) in [5.74, 6) is 3.16. The van der Waals surface area contributed by atoms with Crippen LogP contribution in [0, 0.1) is 29.1 Å². The van der Waals surface area contributed by atoms with Gasteiger partial charge in [0.05, 0.1) is 14.2 Å². The van der Waals surface area contributed by atoms with Crippen LogP contribution < -0.4 is 20.1 Å². The van der Waals surface area contributed by atoms with E-state index >= 15 is 0 Å². The summed E-state index contributed by atoms with van der Waals surface area (Å²) in [5, 5.41) is 6.27. The normalized spacial score (nSPS) is 30.0. The van der Waals surface area contributed by atoms with Crippen molar-refractivity contribution in [3.8, 4) is 11.5 Å². The predicted molar refractivity (Wildman–Crippen MR) is 124 cm³/mol. The Kier molecular flexibility index (Phi) is 6.42. The SMILES string of the molecule is COc1cc(OC)cc(C(=O)N[C@H](C(=O)NC(C)C23CC4CC(CC(C4)C2)C3)C(C)C)c1.